The maximum absolute atomic E-state index is 5.74. The molecule has 0 N–H and O–H groups in total. The van der Waals surface area contributed by atoms with Crippen LogP contribution in [0.2, 0.25) is 0 Å². The van der Waals surface area contributed by atoms with E-state index in [2.05, 4.69) is 60.1 Å². The molecule has 1 atom stereocenters. The van der Waals surface area contributed by atoms with Gasteiger partial charge in [0.25, 0.3) is 0 Å². The molecular weight excluding hydrogens is 320 g/mol. The lowest BCUT2D eigenvalue weighted by molar-refractivity contribution is 0.337. The van der Waals surface area contributed by atoms with Gasteiger partial charge in [-0.05, 0) is 38.5 Å². The number of thiophene rings is 1. The topological polar surface area (TPSA) is 9.23 Å². The van der Waals surface area contributed by atoms with E-state index in [4.69, 9.17) is 4.74 Å². The summed E-state index contributed by atoms with van der Waals surface area (Å²) >= 11 is 5.69. The average molecular weight is 339 g/mol. The van der Waals surface area contributed by atoms with Crippen LogP contribution < -0.4 is 4.74 Å². The van der Waals surface area contributed by atoms with Crippen molar-refractivity contribution >= 4 is 27.3 Å². The van der Waals surface area contributed by atoms with Crippen LogP contribution in [0.15, 0.2) is 30.3 Å². The van der Waals surface area contributed by atoms with Gasteiger partial charge in [-0.3, -0.25) is 0 Å². The largest absolute Gasteiger partial charge is 0.494 e. The van der Waals surface area contributed by atoms with E-state index in [9.17, 15) is 0 Å². The van der Waals surface area contributed by atoms with E-state index in [1.165, 1.54) is 20.9 Å². The molecule has 2 rings (SSSR count). The summed E-state index contributed by atoms with van der Waals surface area (Å²) in [7, 11) is 0. The second-order valence-electron chi connectivity index (χ2n) is 4.49. The van der Waals surface area contributed by atoms with Gasteiger partial charge in [-0.2, -0.15) is 0 Å². The van der Waals surface area contributed by atoms with Gasteiger partial charge in [0.05, 0.1) is 11.4 Å². The number of hydrogen-bond acceptors (Lipinski definition) is 2. The molecule has 1 aromatic carbocycles. The highest BCUT2D eigenvalue weighted by Crippen LogP contribution is 2.40. The fourth-order valence-electron chi connectivity index (χ4n) is 2.03. The van der Waals surface area contributed by atoms with Crippen molar-refractivity contribution in [3.05, 3.63) is 51.2 Å². The van der Waals surface area contributed by atoms with E-state index in [0.717, 1.165) is 12.2 Å². The van der Waals surface area contributed by atoms with Crippen molar-refractivity contribution in [3.63, 3.8) is 0 Å². The normalized spacial score (nSPS) is 12.4. The molecular formula is C16H19BrOS. The monoisotopic (exact) mass is 338 g/mol. The highest BCUT2D eigenvalue weighted by atomic mass is 79.9. The molecule has 1 nitrogen and oxygen atoms in total. The SMILES string of the molecule is CCOc1ccc(C)cc1C(Br)c1ccc(CC)s1. The first-order valence-corrected chi connectivity index (χ1v) is 8.35. The van der Waals surface area contributed by atoms with Gasteiger partial charge in [0.15, 0.2) is 0 Å². The van der Waals surface area contributed by atoms with Crippen LogP contribution in [0.3, 0.4) is 0 Å². The molecule has 1 aromatic heterocycles. The summed E-state index contributed by atoms with van der Waals surface area (Å²) in [6, 6.07) is 10.8. The average Bonchev–Trinajstić information content (AvgIpc) is 2.89. The fourth-order valence-corrected chi connectivity index (χ4v) is 3.77. The van der Waals surface area contributed by atoms with Crippen molar-refractivity contribution in [3.8, 4) is 5.75 Å². The van der Waals surface area contributed by atoms with E-state index in [1.54, 1.807) is 0 Å². The van der Waals surface area contributed by atoms with Crippen LogP contribution in [0.25, 0.3) is 0 Å². The molecule has 102 valence electrons. The third-order valence-electron chi connectivity index (χ3n) is 3.02. The smallest absolute Gasteiger partial charge is 0.123 e. The maximum atomic E-state index is 5.74. The Bertz CT molecular complexity index is 547. The van der Waals surface area contributed by atoms with Crippen molar-refractivity contribution in [2.45, 2.75) is 32.0 Å². The molecule has 0 aliphatic rings. The molecule has 0 aliphatic heterocycles. The molecule has 2 aromatic rings. The van der Waals surface area contributed by atoms with Crippen molar-refractivity contribution < 1.29 is 4.74 Å². The number of aryl methyl sites for hydroxylation is 2. The van der Waals surface area contributed by atoms with Gasteiger partial charge in [0.1, 0.15) is 5.75 Å². The Balaban J connectivity index is 2.36. The predicted octanol–water partition coefficient (Wildman–Crippen LogP) is 5.50. The van der Waals surface area contributed by atoms with Crippen molar-refractivity contribution in [1.29, 1.82) is 0 Å². The van der Waals surface area contributed by atoms with Gasteiger partial charge < -0.3 is 4.74 Å². The Hall–Kier alpha value is -0.800. The second kappa shape index (κ2) is 6.58. The zero-order valence-corrected chi connectivity index (χ0v) is 14.0. The molecule has 0 saturated carbocycles. The molecule has 0 amide bonds. The molecule has 1 heterocycles. The Labute approximate surface area is 127 Å². The van der Waals surface area contributed by atoms with Crippen LogP contribution in [-0.4, -0.2) is 6.61 Å². The zero-order valence-electron chi connectivity index (χ0n) is 11.6. The molecule has 0 bridgehead atoms. The van der Waals surface area contributed by atoms with Crippen LogP contribution in [-0.2, 0) is 6.42 Å². The van der Waals surface area contributed by atoms with E-state index < -0.39 is 0 Å². The minimum atomic E-state index is 0.208. The standard InChI is InChI=1S/C16H19BrOS/c1-4-12-7-9-15(19-12)16(17)13-10-11(3)6-8-14(13)18-5-2/h6-10,16H,4-5H2,1-3H3. The van der Waals surface area contributed by atoms with Crippen LogP contribution >= 0.6 is 27.3 Å². The van der Waals surface area contributed by atoms with E-state index >= 15 is 0 Å². The Morgan fingerprint density at radius 2 is 2.00 bits per heavy atom. The number of rotatable bonds is 5. The first-order chi connectivity index (χ1) is 9.15. The highest BCUT2D eigenvalue weighted by molar-refractivity contribution is 9.09. The first-order valence-electron chi connectivity index (χ1n) is 6.61. The third kappa shape index (κ3) is 3.40. The molecule has 3 heteroatoms. The number of alkyl halides is 1. The van der Waals surface area contributed by atoms with Crippen molar-refractivity contribution in [1.82, 2.24) is 0 Å². The van der Waals surface area contributed by atoms with E-state index in [-0.39, 0.29) is 4.83 Å². The lowest BCUT2D eigenvalue weighted by atomic mass is 10.1. The quantitative estimate of drug-likeness (QED) is 0.654. The summed E-state index contributed by atoms with van der Waals surface area (Å²) in [4.78, 5) is 2.97. The molecule has 0 spiro atoms. The molecule has 0 aliphatic carbocycles. The summed E-state index contributed by atoms with van der Waals surface area (Å²) in [5.41, 5.74) is 2.47. The van der Waals surface area contributed by atoms with Crippen LogP contribution in [0, 0.1) is 6.92 Å². The van der Waals surface area contributed by atoms with Gasteiger partial charge in [0, 0.05) is 15.3 Å². The van der Waals surface area contributed by atoms with Gasteiger partial charge in [-0.25, -0.2) is 0 Å². The minimum absolute atomic E-state index is 0.208. The lowest BCUT2D eigenvalue weighted by Crippen LogP contribution is -1.99. The van der Waals surface area contributed by atoms with E-state index in [1.807, 2.05) is 18.3 Å². The molecule has 1 unspecified atom stereocenters. The van der Waals surface area contributed by atoms with Gasteiger partial charge in [-0.15, -0.1) is 11.3 Å². The van der Waals surface area contributed by atoms with Gasteiger partial charge in [-0.1, -0.05) is 40.5 Å². The Kier molecular flexibility index (Phi) is 5.06. The summed E-state index contributed by atoms with van der Waals surface area (Å²) in [5.74, 6) is 0.974. The number of hydrogen-bond donors (Lipinski definition) is 0. The van der Waals surface area contributed by atoms with E-state index in [0.29, 0.717) is 6.61 Å². The molecule has 0 saturated heterocycles. The van der Waals surface area contributed by atoms with Gasteiger partial charge >= 0.3 is 0 Å². The summed E-state index contributed by atoms with van der Waals surface area (Å²) < 4.78 is 5.74. The summed E-state index contributed by atoms with van der Waals surface area (Å²) in [6.45, 7) is 7.02. The number of halogens is 1. The summed E-state index contributed by atoms with van der Waals surface area (Å²) in [5, 5.41) is 0. The zero-order chi connectivity index (χ0) is 13.8. The van der Waals surface area contributed by atoms with Crippen molar-refractivity contribution in [2.75, 3.05) is 6.61 Å². The highest BCUT2D eigenvalue weighted by Gasteiger charge is 2.17. The predicted molar refractivity (Wildman–Crippen MR) is 86.8 cm³/mol. The third-order valence-corrected chi connectivity index (χ3v) is 5.60. The maximum Gasteiger partial charge on any atom is 0.123 e. The molecule has 0 fully saturated rings. The van der Waals surface area contributed by atoms with Crippen molar-refractivity contribution in [2.24, 2.45) is 0 Å². The van der Waals surface area contributed by atoms with Crippen LogP contribution in [0.1, 0.15) is 39.6 Å². The lowest BCUT2D eigenvalue weighted by Gasteiger charge is -2.15. The fraction of sp³-hybridized carbons (Fsp3) is 0.375. The summed E-state index contributed by atoms with van der Waals surface area (Å²) in [6.07, 6.45) is 1.09. The second-order valence-corrected chi connectivity index (χ2v) is 6.61. The van der Waals surface area contributed by atoms with Gasteiger partial charge in [0.2, 0.25) is 0 Å². The first kappa shape index (κ1) is 14.6. The van der Waals surface area contributed by atoms with Crippen LogP contribution in [0.4, 0.5) is 0 Å². The molecule has 19 heavy (non-hydrogen) atoms. The number of benzene rings is 1. The minimum Gasteiger partial charge on any atom is -0.494 e. The Morgan fingerprint density at radius 1 is 1.21 bits per heavy atom. The Morgan fingerprint density at radius 3 is 2.63 bits per heavy atom. The van der Waals surface area contributed by atoms with Crippen LogP contribution in [0.5, 0.6) is 5.75 Å². The molecule has 0 radical (unpaired) electrons. The number of ether oxygens (including phenoxy) is 1.